The topological polar surface area (TPSA) is 78.9 Å². The molecule has 0 aromatic carbocycles. The highest BCUT2D eigenvalue weighted by molar-refractivity contribution is 5.71. The maximum absolute atomic E-state index is 12.7. The summed E-state index contributed by atoms with van der Waals surface area (Å²) < 4.78 is 16.7. The SMILES string of the molecule is CC/C=C\C/C=C\C/C=C\C/C=C\CCCCCCCCCCCCCCCCCCCCC(=O)OCC(COC(=O)CCCCCCC)OC(=O)CCCCCCCCCCCCCCCC. The molecule has 0 aliphatic heterocycles. The van der Waals surface area contributed by atoms with Crippen molar-refractivity contribution < 1.29 is 28.6 Å². The molecule has 0 spiro atoms. The number of ether oxygens (including phenoxy) is 3. The van der Waals surface area contributed by atoms with Crippen LogP contribution in [-0.4, -0.2) is 37.2 Å². The molecule has 0 aliphatic carbocycles. The standard InChI is InChI=1S/C62H112O6/c1-4-7-10-13-15-17-19-21-23-24-25-26-27-28-29-30-31-32-33-34-35-36-37-38-39-41-42-44-46-49-52-55-61(64)67-58-59(57-66-60(63)54-51-48-12-9-6-3)68-62(65)56-53-50-47-45-43-40-22-20-18-16-14-11-8-5-2/h7,10,15,17,21,23,25-26,59H,4-6,8-9,11-14,16,18-20,22,24,27-58H2,1-3H3/b10-7-,17-15-,23-21-,26-25-. The predicted octanol–water partition coefficient (Wildman–Crippen LogP) is 19.8. The summed E-state index contributed by atoms with van der Waals surface area (Å²) in [5.74, 6) is -0.866. The molecule has 396 valence electrons. The molecule has 0 radical (unpaired) electrons. The highest BCUT2D eigenvalue weighted by atomic mass is 16.6. The highest BCUT2D eigenvalue weighted by Crippen LogP contribution is 2.17. The monoisotopic (exact) mass is 953 g/mol. The van der Waals surface area contributed by atoms with Crippen LogP contribution in [0.4, 0.5) is 0 Å². The first-order valence-corrected chi connectivity index (χ1v) is 29.6. The van der Waals surface area contributed by atoms with Crippen LogP contribution in [-0.2, 0) is 28.6 Å². The van der Waals surface area contributed by atoms with Crippen molar-refractivity contribution in [1.29, 1.82) is 0 Å². The lowest BCUT2D eigenvalue weighted by molar-refractivity contribution is -0.167. The van der Waals surface area contributed by atoms with E-state index in [1.165, 1.54) is 180 Å². The van der Waals surface area contributed by atoms with Gasteiger partial charge in [-0.25, -0.2) is 0 Å². The maximum Gasteiger partial charge on any atom is 0.306 e. The van der Waals surface area contributed by atoms with Crippen LogP contribution < -0.4 is 0 Å². The van der Waals surface area contributed by atoms with E-state index < -0.39 is 6.10 Å². The Labute approximate surface area is 422 Å². The van der Waals surface area contributed by atoms with E-state index in [0.29, 0.717) is 19.3 Å². The quantitative estimate of drug-likeness (QED) is 0.0262. The number of carbonyl (C=O) groups excluding carboxylic acids is 3. The third-order valence-electron chi connectivity index (χ3n) is 13.1. The molecule has 0 amide bonds. The minimum absolute atomic E-state index is 0.0678. The lowest BCUT2D eigenvalue weighted by Crippen LogP contribution is -2.30. The first-order valence-electron chi connectivity index (χ1n) is 29.6. The zero-order chi connectivity index (χ0) is 49.3. The molecular weight excluding hydrogens is 841 g/mol. The van der Waals surface area contributed by atoms with Gasteiger partial charge in [-0.15, -0.1) is 0 Å². The Morgan fingerprint density at radius 2 is 0.574 bits per heavy atom. The molecule has 0 aromatic heterocycles. The summed E-state index contributed by atoms with van der Waals surface area (Å²) in [4.78, 5) is 37.8. The van der Waals surface area contributed by atoms with Crippen molar-refractivity contribution in [3.8, 4) is 0 Å². The molecule has 1 unspecified atom stereocenters. The molecule has 0 saturated heterocycles. The Kier molecular flexibility index (Phi) is 54.8. The second-order valence-electron chi connectivity index (χ2n) is 19.9. The number of carbonyl (C=O) groups is 3. The van der Waals surface area contributed by atoms with Crippen molar-refractivity contribution in [3.63, 3.8) is 0 Å². The van der Waals surface area contributed by atoms with E-state index >= 15 is 0 Å². The van der Waals surface area contributed by atoms with E-state index in [4.69, 9.17) is 14.2 Å². The van der Waals surface area contributed by atoms with Gasteiger partial charge in [-0.1, -0.05) is 281 Å². The molecule has 0 heterocycles. The largest absolute Gasteiger partial charge is 0.462 e. The van der Waals surface area contributed by atoms with E-state index in [-0.39, 0.29) is 31.1 Å². The zero-order valence-electron chi connectivity index (χ0n) is 45.4. The van der Waals surface area contributed by atoms with Crippen molar-refractivity contribution in [2.24, 2.45) is 0 Å². The second kappa shape index (κ2) is 57.0. The molecule has 0 N–H and O–H groups in total. The van der Waals surface area contributed by atoms with Crippen LogP contribution in [0.15, 0.2) is 48.6 Å². The lowest BCUT2D eigenvalue weighted by Gasteiger charge is -2.18. The van der Waals surface area contributed by atoms with Crippen LogP contribution in [0, 0.1) is 0 Å². The number of allylic oxidation sites excluding steroid dienone is 8. The van der Waals surface area contributed by atoms with Gasteiger partial charge in [0, 0.05) is 19.3 Å². The van der Waals surface area contributed by atoms with Gasteiger partial charge in [0.05, 0.1) is 0 Å². The summed E-state index contributed by atoms with van der Waals surface area (Å²) in [5.41, 5.74) is 0. The predicted molar refractivity (Wildman–Crippen MR) is 293 cm³/mol. The van der Waals surface area contributed by atoms with Gasteiger partial charge in [0.25, 0.3) is 0 Å². The number of hydrogen-bond acceptors (Lipinski definition) is 6. The van der Waals surface area contributed by atoms with E-state index in [0.717, 1.165) is 89.9 Å². The molecule has 0 aliphatic rings. The van der Waals surface area contributed by atoms with Gasteiger partial charge in [0.1, 0.15) is 13.2 Å². The molecule has 6 heteroatoms. The number of rotatable bonds is 54. The molecule has 0 aromatic rings. The van der Waals surface area contributed by atoms with E-state index in [9.17, 15) is 14.4 Å². The summed E-state index contributed by atoms with van der Waals surface area (Å²) >= 11 is 0. The summed E-state index contributed by atoms with van der Waals surface area (Å²) in [6, 6.07) is 0. The van der Waals surface area contributed by atoms with Crippen LogP contribution in [0.3, 0.4) is 0 Å². The van der Waals surface area contributed by atoms with Crippen molar-refractivity contribution in [2.45, 2.75) is 316 Å². The van der Waals surface area contributed by atoms with Crippen LogP contribution in [0.5, 0.6) is 0 Å². The Hall–Kier alpha value is -2.63. The first-order chi connectivity index (χ1) is 33.5. The Morgan fingerprint density at radius 1 is 0.309 bits per heavy atom. The molecule has 6 nitrogen and oxygen atoms in total. The maximum atomic E-state index is 12.7. The molecule has 0 rings (SSSR count). The lowest BCUT2D eigenvalue weighted by atomic mass is 10.0. The van der Waals surface area contributed by atoms with Crippen molar-refractivity contribution in [2.75, 3.05) is 13.2 Å². The minimum Gasteiger partial charge on any atom is -0.462 e. The third kappa shape index (κ3) is 54.3. The first kappa shape index (κ1) is 65.4. The van der Waals surface area contributed by atoms with E-state index in [1.807, 2.05) is 0 Å². The Bertz CT molecular complexity index is 1190. The molecular formula is C62H112O6. The molecule has 0 bridgehead atoms. The molecule has 0 fully saturated rings. The third-order valence-corrected chi connectivity index (χ3v) is 13.1. The molecule has 1 atom stereocenters. The Morgan fingerprint density at radius 3 is 0.897 bits per heavy atom. The summed E-state index contributed by atoms with van der Waals surface area (Å²) in [6.07, 6.45) is 70.3. The average molecular weight is 954 g/mol. The van der Waals surface area contributed by atoms with Crippen LogP contribution >= 0.6 is 0 Å². The average Bonchev–Trinajstić information content (AvgIpc) is 3.34. The van der Waals surface area contributed by atoms with E-state index in [2.05, 4.69) is 69.4 Å². The number of esters is 3. The fourth-order valence-corrected chi connectivity index (χ4v) is 8.67. The van der Waals surface area contributed by atoms with Crippen LogP contribution in [0.25, 0.3) is 0 Å². The van der Waals surface area contributed by atoms with Gasteiger partial charge in [-0.3, -0.25) is 14.4 Å². The Balaban J connectivity index is 3.92. The fourth-order valence-electron chi connectivity index (χ4n) is 8.67. The van der Waals surface area contributed by atoms with E-state index in [1.54, 1.807) is 0 Å². The fraction of sp³-hybridized carbons (Fsp3) is 0.823. The van der Waals surface area contributed by atoms with Gasteiger partial charge in [-0.05, 0) is 57.8 Å². The van der Waals surface area contributed by atoms with Crippen LogP contribution in [0.2, 0.25) is 0 Å². The van der Waals surface area contributed by atoms with Gasteiger partial charge in [0.2, 0.25) is 0 Å². The summed E-state index contributed by atoms with van der Waals surface area (Å²) in [7, 11) is 0. The molecule has 68 heavy (non-hydrogen) atoms. The molecule has 0 saturated carbocycles. The van der Waals surface area contributed by atoms with Crippen molar-refractivity contribution in [3.05, 3.63) is 48.6 Å². The normalized spacial score (nSPS) is 12.3. The minimum atomic E-state index is -0.763. The van der Waals surface area contributed by atoms with Gasteiger partial charge in [0.15, 0.2) is 6.10 Å². The van der Waals surface area contributed by atoms with Crippen molar-refractivity contribution in [1.82, 2.24) is 0 Å². The summed E-state index contributed by atoms with van der Waals surface area (Å²) in [6.45, 7) is 6.48. The van der Waals surface area contributed by atoms with Gasteiger partial charge < -0.3 is 14.2 Å². The highest BCUT2D eigenvalue weighted by Gasteiger charge is 2.19. The second-order valence-corrected chi connectivity index (χ2v) is 19.9. The number of unbranched alkanes of at least 4 members (excludes halogenated alkanes) is 35. The zero-order valence-corrected chi connectivity index (χ0v) is 45.4. The van der Waals surface area contributed by atoms with Crippen LogP contribution in [0.1, 0.15) is 310 Å². The van der Waals surface area contributed by atoms with Gasteiger partial charge >= 0.3 is 17.9 Å². The van der Waals surface area contributed by atoms with Crippen molar-refractivity contribution >= 4 is 17.9 Å². The summed E-state index contributed by atoms with van der Waals surface area (Å²) in [5, 5.41) is 0. The van der Waals surface area contributed by atoms with Gasteiger partial charge in [-0.2, -0.15) is 0 Å². The number of hydrogen-bond donors (Lipinski definition) is 0. The smallest absolute Gasteiger partial charge is 0.306 e.